The van der Waals surface area contributed by atoms with Gasteiger partial charge in [-0.15, -0.1) is 0 Å². The summed E-state index contributed by atoms with van der Waals surface area (Å²) < 4.78 is 5.22. The van der Waals surface area contributed by atoms with Crippen molar-refractivity contribution >= 4 is 17.7 Å². The standard InChI is InChI=1S/C26H25N3O4/c30-24-21-10-5-4-9-20(21)18-29(24)22(17-19-7-2-1-3-8-19)25(31)27-12-14-28(15-13-27)26(32)23-11-6-16-33-23/h1-11,16,22H,12-15,17-18H2. The van der Waals surface area contributed by atoms with Gasteiger partial charge in [0.25, 0.3) is 11.8 Å². The zero-order chi connectivity index (χ0) is 22.8. The molecular formula is C26H25N3O4. The molecule has 3 heterocycles. The monoisotopic (exact) mass is 443 g/mol. The fourth-order valence-electron chi connectivity index (χ4n) is 4.59. The number of carbonyl (C=O) groups is 3. The molecule has 1 fully saturated rings. The lowest BCUT2D eigenvalue weighted by Crippen LogP contribution is -2.56. The number of hydrogen-bond donors (Lipinski definition) is 0. The number of fused-ring (bicyclic) bond motifs is 1. The third kappa shape index (κ3) is 4.14. The van der Waals surface area contributed by atoms with Crippen molar-refractivity contribution in [3.05, 3.63) is 95.4 Å². The van der Waals surface area contributed by atoms with Crippen molar-refractivity contribution in [1.29, 1.82) is 0 Å². The highest BCUT2D eigenvalue weighted by molar-refractivity contribution is 6.01. The predicted molar refractivity (Wildman–Crippen MR) is 121 cm³/mol. The molecular weight excluding hydrogens is 418 g/mol. The van der Waals surface area contributed by atoms with Gasteiger partial charge in [-0.25, -0.2) is 0 Å². The smallest absolute Gasteiger partial charge is 0.289 e. The van der Waals surface area contributed by atoms with Crippen LogP contribution in [0, 0.1) is 0 Å². The summed E-state index contributed by atoms with van der Waals surface area (Å²) in [4.78, 5) is 44.6. The van der Waals surface area contributed by atoms with Crippen LogP contribution in [0.4, 0.5) is 0 Å². The average Bonchev–Trinajstić information content (AvgIpc) is 3.51. The zero-order valence-corrected chi connectivity index (χ0v) is 18.2. The normalized spacial score (nSPS) is 16.6. The maximum atomic E-state index is 13.7. The Hall–Kier alpha value is -3.87. The molecule has 7 heteroatoms. The number of amides is 3. The molecule has 2 aliphatic rings. The minimum Gasteiger partial charge on any atom is -0.459 e. The number of carbonyl (C=O) groups excluding carboxylic acids is 3. The Balaban J connectivity index is 1.33. The molecule has 1 saturated heterocycles. The summed E-state index contributed by atoms with van der Waals surface area (Å²) >= 11 is 0. The lowest BCUT2D eigenvalue weighted by atomic mass is 10.0. The Morgan fingerprint density at radius 1 is 0.848 bits per heavy atom. The van der Waals surface area contributed by atoms with Gasteiger partial charge in [-0.1, -0.05) is 48.5 Å². The first-order chi connectivity index (χ1) is 16.1. The SMILES string of the molecule is O=C(c1ccco1)N1CCN(C(=O)C(Cc2ccccc2)N2Cc3ccccc3C2=O)CC1. The molecule has 1 atom stereocenters. The second kappa shape index (κ2) is 8.94. The molecule has 3 amide bonds. The van der Waals surface area contributed by atoms with Crippen LogP contribution in [-0.4, -0.2) is 64.6 Å². The number of benzene rings is 2. The summed E-state index contributed by atoms with van der Waals surface area (Å²) in [6, 6.07) is 20.0. The lowest BCUT2D eigenvalue weighted by molar-refractivity contribution is -0.137. The first-order valence-corrected chi connectivity index (χ1v) is 11.2. The largest absolute Gasteiger partial charge is 0.459 e. The summed E-state index contributed by atoms with van der Waals surface area (Å²) in [6.45, 7) is 2.13. The topological polar surface area (TPSA) is 74.1 Å². The van der Waals surface area contributed by atoms with E-state index in [4.69, 9.17) is 4.42 Å². The maximum Gasteiger partial charge on any atom is 0.289 e. The third-order valence-electron chi connectivity index (χ3n) is 6.39. The first-order valence-electron chi connectivity index (χ1n) is 11.2. The van der Waals surface area contributed by atoms with Gasteiger partial charge in [0.1, 0.15) is 6.04 Å². The minimum atomic E-state index is -0.598. The average molecular weight is 444 g/mol. The van der Waals surface area contributed by atoms with Gasteiger partial charge in [-0.2, -0.15) is 0 Å². The van der Waals surface area contributed by atoms with E-state index in [1.54, 1.807) is 26.8 Å². The van der Waals surface area contributed by atoms with E-state index in [9.17, 15) is 14.4 Å². The van der Waals surface area contributed by atoms with E-state index < -0.39 is 6.04 Å². The Morgan fingerprint density at radius 2 is 1.55 bits per heavy atom. The highest BCUT2D eigenvalue weighted by atomic mass is 16.3. The van der Waals surface area contributed by atoms with Gasteiger partial charge in [0.2, 0.25) is 5.91 Å². The van der Waals surface area contributed by atoms with E-state index in [1.807, 2.05) is 54.6 Å². The van der Waals surface area contributed by atoms with Gasteiger partial charge in [0.15, 0.2) is 5.76 Å². The minimum absolute atomic E-state index is 0.0786. The van der Waals surface area contributed by atoms with Gasteiger partial charge in [-0.3, -0.25) is 14.4 Å². The van der Waals surface area contributed by atoms with E-state index in [0.29, 0.717) is 50.5 Å². The number of rotatable bonds is 5. The Morgan fingerprint density at radius 3 is 2.24 bits per heavy atom. The molecule has 168 valence electrons. The quantitative estimate of drug-likeness (QED) is 0.608. The molecule has 2 aliphatic heterocycles. The van der Waals surface area contributed by atoms with Crippen LogP contribution < -0.4 is 0 Å². The van der Waals surface area contributed by atoms with Crippen LogP contribution in [0.3, 0.4) is 0 Å². The molecule has 0 radical (unpaired) electrons. The van der Waals surface area contributed by atoms with Crippen molar-refractivity contribution in [2.75, 3.05) is 26.2 Å². The molecule has 5 rings (SSSR count). The van der Waals surface area contributed by atoms with E-state index in [1.165, 1.54) is 6.26 Å². The molecule has 33 heavy (non-hydrogen) atoms. The summed E-state index contributed by atoms with van der Waals surface area (Å²) in [6.07, 6.45) is 1.93. The second-order valence-corrected chi connectivity index (χ2v) is 8.39. The third-order valence-corrected chi connectivity index (χ3v) is 6.39. The van der Waals surface area contributed by atoms with Crippen LogP contribution in [-0.2, 0) is 17.8 Å². The van der Waals surface area contributed by atoms with Crippen LogP contribution in [0.25, 0.3) is 0 Å². The highest BCUT2D eigenvalue weighted by Gasteiger charge is 2.39. The van der Waals surface area contributed by atoms with Gasteiger partial charge >= 0.3 is 0 Å². The van der Waals surface area contributed by atoms with Gasteiger partial charge < -0.3 is 19.1 Å². The molecule has 1 aromatic heterocycles. The number of furan rings is 1. The van der Waals surface area contributed by atoms with Crippen molar-refractivity contribution in [2.45, 2.75) is 19.0 Å². The Labute approximate surface area is 192 Å². The Kier molecular flexibility index (Phi) is 5.69. The van der Waals surface area contributed by atoms with Crippen molar-refractivity contribution < 1.29 is 18.8 Å². The molecule has 0 saturated carbocycles. The molecule has 0 aliphatic carbocycles. The lowest BCUT2D eigenvalue weighted by Gasteiger charge is -2.38. The summed E-state index contributed by atoms with van der Waals surface area (Å²) in [5, 5.41) is 0. The van der Waals surface area contributed by atoms with Crippen molar-refractivity contribution in [3.63, 3.8) is 0 Å². The molecule has 0 bridgehead atoms. The number of hydrogen-bond acceptors (Lipinski definition) is 4. The van der Waals surface area contributed by atoms with Crippen LogP contribution in [0.1, 0.15) is 32.0 Å². The van der Waals surface area contributed by atoms with Crippen LogP contribution in [0.2, 0.25) is 0 Å². The zero-order valence-electron chi connectivity index (χ0n) is 18.2. The first kappa shape index (κ1) is 21.0. The Bertz CT molecular complexity index is 1150. The molecule has 0 N–H and O–H groups in total. The van der Waals surface area contributed by atoms with Gasteiger partial charge in [0.05, 0.1) is 6.26 Å². The van der Waals surface area contributed by atoms with Crippen LogP contribution in [0.15, 0.2) is 77.4 Å². The summed E-state index contributed by atoms with van der Waals surface area (Å²) in [5.74, 6) is -0.0492. The fourth-order valence-corrected chi connectivity index (χ4v) is 4.59. The molecule has 0 spiro atoms. The van der Waals surface area contributed by atoms with Crippen molar-refractivity contribution in [2.24, 2.45) is 0 Å². The van der Waals surface area contributed by atoms with Crippen molar-refractivity contribution in [1.82, 2.24) is 14.7 Å². The van der Waals surface area contributed by atoms with Crippen LogP contribution in [0.5, 0.6) is 0 Å². The maximum absolute atomic E-state index is 13.7. The number of piperazine rings is 1. The van der Waals surface area contributed by atoms with Crippen molar-refractivity contribution in [3.8, 4) is 0 Å². The highest BCUT2D eigenvalue weighted by Crippen LogP contribution is 2.27. The number of nitrogens with zero attached hydrogens (tertiary/aromatic N) is 3. The molecule has 3 aromatic rings. The van der Waals surface area contributed by atoms with E-state index in [0.717, 1.165) is 11.1 Å². The molecule has 7 nitrogen and oxygen atoms in total. The summed E-state index contributed by atoms with van der Waals surface area (Å²) in [7, 11) is 0. The van der Waals surface area contributed by atoms with Crippen LogP contribution >= 0.6 is 0 Å². The van der Waals surface area contributed by atoms with E-state index >= 15 is 0 Å². The van der Waals surface area contributed by atoms with Gasteiger partial charge in [-0.05, 0) is 29.3 Å². The molecule has 1 unspecified atom stereocenters. The predicted octanol–water partition coefficient (Wildman–Crippen LogP) is 2.83. The molecule has 2 aromatic carbocycles. The second-order valence-electron chi connectivity index (χ2n) is 8.39. The summed E-state index contributed by atoms with van der Waals surface area (Å²) in [5.41, 5.74) is 2.62. The van der Waals surface area contributed by atoms with E-state index in [2.05, 4.69) is 0 Å². The van der Waals surface area contributed by atoms with E-state index in [-0.39, 0.29) is 17.7 Å². The van der Waals surface area contributed by atoms with Gasteiger partial charge in [0, 0.05) is 44.7 Å². The fraction of sp³-hybridized carbons (Fsp3) is 0.269.